The van der Waals surface area contributed by atoms with Crippen LogP contribution in [0, 0.1) is 10.1 Å². The predicted octanol–water partition coefficient (Wildman–Crippen LogP) is 0.639. The van der Waals surface area contributed by atoms with Gasteiger partial charge in [-0.3, -0.25) is 35.7 Å². The van der Waals surface area contributed by atoms with E-state index in [-0.39, 0.29) is 17.3 Å². The molecule has 0 spiro atoms. The molecule has 0 unspecified atom stereocenters. The topological polar surface area (TPSA) is 143 Å². The summed E-state index contributed by atoms with van der Waals surface area (Å²) < 4.78 is 0. The van der Waals surface area contributed by atoms with Gasteiger partial charge in [-0.15, -0.1) is 5.10 Å². The molecular formula is C12H12N6O4S. The van der Waals surface area contributed by atoms with Crippen molar-refractivity contribution in [2.45, 2.75) is 12.1 Å². The number of nitro benzene ring substituents is 1. The highest BCUT2D eigenvalue weighted by atomic mass is 32.2. The number of nitrogens with one attached hydrogen (secondary N) is 3. The minimum Gasteiger partial charge on any atom is -0.274 e. The molecule has 120 valence electrons. The molecule has 0 saturated carbocycles. The third-order valence-corrected chi connectivity index (χ3v) is 3.37. The number of aromatic amines is 1. The highest BCUT2D eigenvalue weighted by Crippen LogP contribution is 2.21. The number of rotatable bonds is 5. The van der Waals surface area contributed by atoms with Gasteiger partial charge < -0.3 is 0 Å². The molecule has 0 atom stereocenters. The van der Waals surface area contributed by atoms with E-state index in [4.69, 9.17) is 0 Å². The molecule has 2 amide bonds. The van der Waals surface area contributed by atoms with Crippen LogP contribution in [0.25, 0.3) is 11.4 Å². The van der Waals surface area contributed by atoms with Crippen molar-refractivity contribution >= 4 is 29.3 Å². The minimum atomic E-state index is -0.487. The Bertz CT molecular complexity index is 729. The minimum absolute atomic E-state index is 0.0162. The van der Waals surface area contributed by atoms with Gasteiger partial charge >= 0.3 is 0 Å². The number of thioether (sulfide) groups is 1. The Labute approximate surface area is 134 Å². The third kappa shape index (κ3) is 4.78. The van der Waals surface area contributed by atoms with Gasteiger partial charge in [0.25, 0.3) is 5.69 Å². The van der Waals surface area contributed by atoms with E-state index in [9.17, 15) is 19.7 Å². The summed E-state index contributed by atoms with van der Waals surface area (Å²) in [4.78, 5) is 36.4. The molecule has 0 radical (unpaired) electrons. The van der Waals surface area contributed by atoms with E-state index in [0.29, 0.717) is 16.5 Å². The van der Waals surface area contributed by atoms with Crippen molar-refractivity contribution in [2.75, 3.05) is 5.75 Å². The Morgan fingerprint density at radius 2 is 2.00 bits per heavy atom. The highest BCUT2D eigenvalue weighted by Gasteiger charge is 2.10. The summed E-state index contributed by atoms with van der Waals surface area (Å²) in [5.41, 5.74) is 5.01. The maximum absolute atomic E-state index is 11.4. The van der Waals surface area contributed by atoms with Crippen molar-refractivity contribution < 1.29 is 14.5 Å². The molecule has 3 N–H and O–H groups in total. The first kappa shape index (κ1) is 16.4. The molecule has 10 nitrogen and oxygen atoms in total. The van der Waals surface area contributed by atoms with Gasteiger partial charge in [0, 0.05) is 24.6 Å². The number of H-pyrrole nitrogens is 1. The zero-order valence-electron chi connectivity index (χ0n) is 11.9. The number of carbonyl (C=O) groups is 2. The SMILES string of the molecule is CC(=O)NNC(=O)CSc1n[nH]c(-c2ccc([N+](=O)[O-])cc2)n1. The average molecular weight is 336 g/mol. The lowest BCUT2D eigenvalue weighted by atomic mass is 10.2. The van der Waals surface area contributed by atoms with Crippen LogP contribution in [0.4, 0.5) is 5.69 Å². The fraction of sp³-hybridized carbons (Fsp3) is 0.167. The second-order valence-electron chi connectivity index (χ2n) is 4.29. The molecule has 11 heteroatoms. The first-order valence-electron chi connectivity index (χ1n) is 6.31. The molecule has 0 bridgehead atoms. The Kier molecular flexibility index (Phi) is 5.25. The number of aromatic nitrogens is 3. The molecule has 0 aliphatic carbocycles. The lowest BCUT2D eigenvalue weighted by Crippen LogP contribution is -2.41. The largest absolute Gasteiger partial charge is 0.274 e. The van der Waals surface area contributed by atoms with Crippen LogP contribution < -0.4 is 10.9 Å². The Morgan fingerprint density at radius 1 is 1.30 bits per heavy atom. The quantitative estimate of drug-likeness (QED) is 0.413. The predicted molar refractivity (Wildman–Crippen MR) is 81.2 cm³/mol. The van der Waals surface area contributed by atoms with Gasteiger partial charge in [-0.25, -0.2) is 4.98 Å². The average Bonchev–Trinajstić information content (AvgIpc) is 3.00. The Morgan fingerprint density at radius 3 is 2.61 bits per heavy atom. The summed E-state index contributed by atoms with van der Waals surface area (Å²) in [5.74, 6) is -0.309. The number of benzene rings is 1. The van der Waals surface area contributed by atoms with Crippen LogP contribution in [0.3, 0.4) is 0 Å². The molecule has 1 heterocycles. The van der Waals surface area contributed by atoms with Gasteiger partial charge in [0.2, 0.25) is 17.0 Å². The van der Waals surface area contributed by atoms with Crippen LogP contribution in [0.1, 0.15) is 6.92 Å². The molecular weight excluding hydrogens is 324 g/mol. The Balaban J connectivity index is 1.94. The number of hydrogen-bond acceptors (Lipinski definition) is 7. The number of carbonyl (C=O) groups excluding carboxylic acids is 2. The number of nitrogens with zero attached hydrogens (tertiary/aromatic N) is 3. The molecule has 0 fully saturated rings. The summed E-state index contributed by atoms with van der Waals surface area (Å²) >= 11 is 1.08. The third-order valence-electron chi connectivity index (χ3n) is 2.53. The number of amides is 2. The van der Waals surface area contributed by atoms with E-state index in [0.717, 1.165) is 11.8 Å². The van der Waals surface area contributed by atoms with E-state index in [2.05, 4.69) is 26.0 Å². The van der Waals surface area contributed by atoms with Crippen LogP contribution in [0.2, 0.25) is 0 Å². The zero-order valence-corrected chi connectivity index (χ0v) is 12.7. The summed E-state index contributed by atoms with van der Waals surface area (Å²) in [6, 6.07) is 5.84. The fourth-order valence-corrected chi connectivity index (χ4v) is 2.10. The molecule has 1 aromatic carbocycles. The van der Waals surface area contributed by atoms with Gasteiger partial charge in [-0.1, -0.05) is 11.8 Å². The van der Waals surface area contributed by atoms with Crippen molar-refractivity contribution in [3.05, 3.63) is 34.4 Å². The second kappa shape index (κ2) is 7.35. The first-order valence-corrected chi connectivity index (χ1v) is 7.29. The monoisotopic (exact) mass is 336 g/mol. The Hall–Kier alpha value is -2.95. The van der Waals surface area contributed by atoms with Gasteiger partial charge in [0.05, 0.1) is 10.7 Å². The van der Waals surface area contributed by atoms with Gasteiger partial charge in [0.15, 0.2) is 5.82 Å². The van der Waals surface area contributed by atoms with Gasteiger partial charge in [-0.05, 0) is 12.1 Å². The van der Waals surface area contributed by atoms with Crippen molar-refractivity contribution in [1.82, 2.24) is 26.0 Å². The first-order chi connectivity index (χ1) is 11.0. The summed E-state index contributed by atoms with van der Waals surface area (Å²) in [7, 11) is 0. The standard InChI is InChI=1S/C12H12N6O4S/c1-7(19)14-15-10(20)6-23-12-13-11(16-17-12)8-2-4-9(5-3-8)18(21)22/h2-5H,6H2,1H3,(H,14,19)(H,15,20)(H,13,16,17). The zero-order chi connectivity index (χ0) is 16.8. The van der Waals surface area contributed by atoms with Crippen molar-refractivity contribution in [3.63, 3.8) is 0 Å². The maximum Gasteiger partial charge on any atom is 0.269 e. The number of non-ortho nitro benzene ring substituents is 1. The molecule has 2 rings (SSSR count). The maximum atomic E-state index is 11.4. The second-order valence-corrected chi connectivity index (χ2v) is 5.23. The normalized spacial score (nSPS) is 10.1. The van der Waals surface area contributed by atoms with E-state index < -0.39 is 10.8 Å². The van der Waals surface area contributed by atoms with Gasteiger partial charge in [-0.2, -0.15) is 0 Å². The summed E-state index contributed by atoms with van der Waals surface area (Å²) in [6.45, 7) is 1.28. The molecule has 23 heavy (non-hydrogen) atoms. The molecule has 1 aromatic heterocycles. The van der Waals surface area contributed by atoms with Crippen LogP contribution in [-0.4, -0.2) is 37.7 Å². The van der Waals surface area contributed by atoms with Crippen molar-refractivity contribution in [2.24, 2.45) is 0 Å². The number of hydrazine groups is 1. The van der Waals surface area contributed by atoms with Crippen molar-refractivity contribution in [3.8, 4) is 11.4 Å². The lowest BCUT2D eigenvalue weighted by molar-refractivity contribution is -0.384. The molecule has 0 aliphatic rings. The van der Waals surface area contributed by atoms with Crippen LogP contribution in [0.15, 0.2) is 29.4 Å². The summed E-state index contributed by atoms with van der Waals surface area (Å²) in [5, 5.41) is 17.6. The highest BCUT2D eigenvalue weighted by molar-refractivity contribution is 7.99. The van der Waals surface area contributed by atoms with E-state index in [1.54, 1.807) is 12.1 Å². The summed E-state index contributed by atoms with van der Waals surface area (Å²) in [6.07, 6.45) is 0. The number of nitro groups is 1. The number of hydrogen-bond donors (Lipinski definition) is 3. The molecule has 0 saturated heterocycles. The van der Waals surface area contributed by atoms with Crippen LogP contribution >= 0.6 is 11.8 Å². The van der Waals surface area contributed by atoms with Crippen LogP contribution in [-0.2, 0) is 9.59 Å². The van der Waals surface area contributed by atoms with Gasteiger partial charge in [0.1, 0.15) is 0 Å². The van der Waals surface area contributed by atoms with E-state index >= 15 is 0 Å². The van der Waals surface area contributed by atoms with Crippen molar-refractivity contribution in [1.29, 1.82) is 0 Å². The van der Waals surface area contributed by atoms with E-state index in [1.807, 2.05) is 0 Å². The smallest absolute Gasteiger partial charge is 0.269 e. The fourth-order valence-electron chi connectivity index (χ4n) is 1.50. The van der Waals surface area contributed by atoms with Crippen LogP contribution in [0.5, 0.6) is 0 Å². The molecule has 2 aromatic rings. The molecule has 0 aliphatic heterocycles. The lowest BCUT2D eigenvalue weighted by Gasteiger charge is -2.02. The van der Waals surface area contributed by atoms with E-state index in [1.165, 1.54) is 19.1 Å².